The van der Waals surface area contributed by atoms with Crippen LogP contribution >= 0.6 is 0 Å². The van der Waals surface area contributed by atoms with Gasteiger partial charge in [0.1, 0.15) is 5.82 Å². The van der Waals surface area contributed by atoms with Crippen LogP contribution in [-0.4, -0.2) is 30.1 Å². The first-order valence-electron chi connectivity index (χ1n) is 6.24. The highest BCUT2D eigenvalue weighted by atomic mass is 19.1. The number of likely N-dealkylation sites (tertiary alicyclic amines) is 1. The predicted molar refractivity (Wildman–Crippen MR) is 68.8 cm³/mol. The molecule has 98 valence electrons. The van der Waals surface area contributed by atoms with Crippen molar-refractivity contribution in [3.05, 3.63) is 30.1 Å². The molecule has 1 heterocycles. The third kappa shape index (κ3) is 2.98. The fraction of sp³-hybridized carbons (Fsp3) is 0.462. The summed E-state index contributed by atoms with van der Waals surface area (Å²) in [5, 5.41) is 2.77. The second kappa shape index (κ2) is 5.82. The topological polar surface area (TPSA) is 58.4 Å². The van der Waals surface area contributed by atoms with E-state index in [0.717, 1.165) is 25.8 Å². The van der Waals surface area contributed by atoms with Crippen LogP contribution in [-0.2, 0) is 0 Å². The summed E-state index contributed by atoms with van der Waals surface area (Å²) in [6.07, 6.45) is 3.07. The molecular weight excluding hydrogens is 233 g/mol. The van der Waals surface area contributed by atoms with Gasteiger partial charge in [-0.05, 0) is 43.5 Å². The highest BCUT2D eigenvalue weighted by Crippen LogP contribution is 2.18. The van der Waals surface area contributed by atoms with E-state index in [2.05, 4.69) is 5.32 Å². The Morgan fingerprint density at radius 3 is 2.78 bits per heavy atom. The quantitative estimate of drug-likeness (QED) is 0.846. The van der Waals surface area contributed by atoms with Crippen LogP contribution in [0.2, 0.25) is 0 Å². The van der Waals surface area contributed by atoms with Crippen LogP contribution in [0.15, 0.2) is 24.3 Å². The maximum atomic E-state index is 12.8. The highest BCUT2D eigenvalue weighted by Gasteiger charge is 2.25. The number of amides is 2. The molecule has 0 spiro atoms. The molecule has 1 aromatic rings. The maximum absolute atomic E-state index is 12.8. The van der Waals surface area contributed by atoms with Crippen molar-refractivity contribution in [2.75, 3.05) is 18.4 Å². The fourth-order valence-corrected chi connectivity index (χ4v) is 2.24. The minimum atomic E-state index is -0.314. The largest absolute Gasteiger partial charge is 0.328 e. The van der Waals surface area contributed by atoms with Crippen LogP contribution in [0.1, 0.15) is 19.3 Å². The number of benzene rings is 1. The molecule has 5 heteroatoms. The molecule has 0 bridgehead atoms. The molecular formula is C13H18FN3O. The summed E-state index contributed by atoms with van der Waals surface area (Å²) in [5.41, 5.74) is 6.27. The molecule has 3 N–H and O–H groups in total. The molecule has 1 fully saturated rings. The maximum Gasteiger partial charge on any atom is 0.322 e. The highest BCUT2D eigenvalue weighted by molar-refractivity contribution is 5.89. The van der Waals surface area contributed by atoms with Gasteiger partial charge in [0, 0.05) is 24.8 Å². The molecule has 1 unspecified atom stereocenters. The van der Waals surface area contributed by atoms with Gasteiger partial charge in [-0.15, -0.1) is 0 Å². The number of rotatable bonds is 2. The number of hydrogen-bond acceptors (Lipinski definition) is 2. The lowest BCUT2D eigenvalue weighted by molar-refractivity contribution is 0.166. The van der Waals surface area contributed by atoms with Gasteiger partial charge in [-0.3, -0.25) is 0 Å². The number of nitrogens with one attached hydrogen (secondary N) is 1. The van der Waals surface area contributed by atoms with Crippen molar-refractivity contribution in [1.29, 1.82) is 0 Å². The molecule has 0 radical (unpaired) electrons. The number of urea groups is 1. The monoisotopic (exact) mass is 251 g/mol. The zero-order valence-electron chi connectivity index (χ0n) is 10.2. The third-order valence-corrected chi connectivity index (χ3v) is 3.26. The first-order valence-corrected chi connectivity index (χ1v) is 6.24. The summed E-state index contributed by atoms with van der Waals surface area (Å²) in [6.45, 7) is 1.21. The van der Waals surface area contributed by atoms with E-state index in [1.165, 1.54) is 12.1 Å². The van der Waals surface area contributed by atoms with Crippen molar-refractivity contribution in [1.82, 2.24) is 4.90 Å². The van der Waals surface area contributed by atoms with E-state index in [9.17, 15) is 9.18 Å². The summed E-state index contributed by atoms with van der Waals surface area (Å²) >= 11 is 0. The minimum absolute atomic E-state index is 0.110. The minimum Gasteiger partial charge on any atom is -0.328 e. The Labute approximate surface area is 106 Å². The van der Waals surface area contributed by atoms with Crippen LogP contribution < -0.4 is 11.1 Å². The summed E-state index contributed by atoms with van der Waals surface area (Å²) < 4.78 is 12.8. The van der Waals surface area contributed by atoms with Gasteiger partial charge >= 0.3 is 6.03 Å². The summed E-state index contributed by atoms with van der Waals surface area (Å²) in [5.74, 6) is -0.314. The second-order valence-corrected chi connectivity index (χ2v) is 4.52. The number of anilines is 1. The van der Waals surface area contributed by atoms with Gasteiger partial charge in [0.25, 0.3) is 0 Å². The van der Waals surface area contributed by atoms with Crippen molar-refractivity contribution in [3.63, 3.8) is 0 Å². The van der Waals surface area contributed by atoms with Gasteiger partial charge in [-0.25, -0.2) is 9.18 Å². The number of nitrogens with zero attached hydrogens (tertiary/aromatic N) is 1. The van der Waals surface area contributed by atoms with Gasteiger partial charge in [-0.2, -0.15) is 0 Å². The van der Waals surface area contributed by atoms with Crippen molar-refractivity contribution < 1.29 is 9.18 Å². The summed E-state index contributed by atoms with van der Waals surface area (Å²) in [4.78, 5) is 13.9. The van der Waals surface area contributed by atoms with E-state index >= 15 is 0 Å². The van der Waals surface area contributed by atoms with Crippen LogP contribution in [0.25, 0.3) is 0 Å². The molecule has 1 aliphatic rings. The van der Waals surface area contributed by atoms with E-state index in [1.807, 2.05) is 0 Å². The Balaban J connectivity index is 2.00. The van der Waals surface area contributed by atoms with Crippen molar-refractivity contribution in [3.8, 4) is 0 Å². The second-order valence-electron chi connectivity index (χ2n) is 4.52. The molecule has 18 heavy (non-hydrogen) atoms. The molecule has 1 aromatic carbocycles. The van der Waals surface area contributed by atoms with Crippen LogP contribution in [0.4, 0.5) is 14.9 Å². The summed E-state index contributed by atoms with van der Waals surface area (Å²) in [6, 6.07) is 5.71. The Bertz CT molecular complexity index is 407. The number of piperidine rings is 1. The van der Waals surface area contributed by atoms with Crippen LogP contribution in [0, 0.1) is 5.82 Å². The molecule has 2 rings (SSSR count). The number of carbonyl (C=O) groups excluding carboxylic acids is 1. The van der Waals surface area contributed by atoms with Crippen molar-refractivity contribution in [2.24, 2.45) is 5.73 Å². The predicted octanol–water partition coefficient (Wildman–Crippen LogP) is 2.17. The molecule has 2 amide bonds. The van der Waals surface area contributed by atoms with Gasteiger partial charge in [0.15, 0.2) is 0 Å². The zero-order chi connectivity index (χ0) is 13.0. The first-order chi connectivity index (χ1) is 8.70. The van der Waals surface area contributed by atoms with Gasteiger partial charge in [0.2, 0.25) is 0 Å². The Hall–Kier alpha value is -1.62. The number of nitrogens with two attached hydrogens (primary N) is 1. The molecule has 1 saturated heterocycles. The molecule has 4 nitrogen and oxygen atoms in total. The molecule has 1 atom stereocenters. The lowest BCUT2D eigenvalue weighted by Gasteiger charge is -2.34. The van der Waals surface area contributed by atoms with E-state index in [1.54, 1.807) is 17.0 Å². The SMILES string of the molecule is NCC1CCCCN1C(=O)Nc1ccc(F)cc1. The summed E-state index contributed by atoms with van der Waals surface area (Å²) in [7, 11) is 0. The lowest BCUT2D eigenvalue weighted by Crippen LogP contribution is -2.49. The third-order valence-electron chi connectivity index (χ3n) is 3.26. The van der Waals surface area contributed by atoms with Crippen molar-refractivity contribution in [2.45, 2.75) is 25.3 Å². The smallest absolute Gasteiger partial charge is 0.322 e. The first kappa shape index (κ1) is 12.8. The van der Waals surface area contributed by atoms with E-state index in [4.69, 9.17) is 5.73 Å². The Kier molecular flexibility index (Phi) is 4.15. The van der Waals surface area contributed by atoms with Gasteiger partial charge in [0.05, 0.1) is 0 Å². The van der Waals surface area contributed by atoms with Gasteiger partial charge < -0.3 is 16.0 Å². The number of halogens is 1. The molecule has 0 aromatic heterocycles. The lowest BCUT2D eigenvalue weighted by atomic mass is 10.0. The number of carbonyl (C=O) groups is 1. The average Bonchev–Trinajstić information content (AvgIpc) is 2.41. The normalized spacial score (nSPS) is 19.7. The average molecular weight is 251 g/mol. The van der Waals surface area contributed by atoms with Gasteiger partial charge in [-0.1, -0.05) is 0 Å². The Morgan fingerprint density at radius 1 is 1.39 bits per heavy atom. The van der Waals surface area contributed by atoms with E-state index < -0.39 is 0 Å². The van der Waals surface area contributed by atoms with E-state index in [-0.39, 0.29) is 17.9 Å². The number of hydrogen-bond donors (Lipinski definition) is 2. The van der Waals surface area contributed by atoms with Crippen molar-refractivity contribution >= 4 is 11.7 Å². The molecule has 0 saturated carbocycles. The van der Waals surface area contributed by atoms with Crippen LogP contribution in [0.3, 0.4) is 0 Å². The van der Waals surface area contributed by atoms with E-state index in [0.29, 0.717) is 12.2 Å². The Morgan fingerprint density at radius 2 is 2.11 bits per heavy atom. The van der Waals surface area contributed by atoms with Crippen LogP contribution in [0.5, 0.6) is 0 Å². The standard InChI is InChI=1S/C13H18FN3O/c14-10-4-6-11(7-5-10)16-13(18)17-8-2-1-3-12(17)9-15/h4-7,12H,1-3,8-9,15H2,(H,16,18). The zero-order valence-corrected chi connectivity index (χ0v) is 10.2. The molecule has 0 aliphatic carbocycles. The fourth-order valence-electron chi connectivity index (χ4n) is 2.24. The molecule has 1 aliphatic heterocycles.